The van der Waals surface area contributed by atoms with Crippen molar-refractivity contribution in [1.29, 1.82) is 0 Å². The van der Waals surface area contributed by atoms with Gasteiger partial charge in [-0.25, -0.2) is 0 Å². The molecule has 0 spiro atoms. The number of benzene rings is 2. The highest BCUT2D eigenvalue weighted by Gasteiger charge is 2.03. The Labute approximate surface area is 127 Å². The van der Waals surface area contributed by atoms with Crippen molar-refractivity contribution in [1.82, 2.24) is 0 Å². The van der Waals surface area contributed by atoms with Crippen molar-refractivity contribution in [2.24, 2.45) is 0 Å². The molecule has 0 saturated carbocycles. The molecule has 0 aliphatic rings. The minimum absolute atomic E-state index is 0.501. The Morgan fingerprint density at radius 1 is 1.00 bits per heavy atom. The van der Waals surface area contributed by atoms with E-state index in [0.29, 0.717) is 19.8 Å². The number of hydrogen-bond acceptors (Lipinski definition) is 3. The predicted molar refractivity (Wildman–Crippen MR) is 82.3 cm³/mol. The van der Waals surface area contributed by atoms with Gasteiger partial charge in [0.25, 0.3) is 0 Å². The molecule has 106 valence electrons. The van der Waals surface area contributed by atoms with E-state index >= 15 is 0 Å². The average Bonchev–Trinajstić information content (AvgIpc) is 2.48. The lowest BCUT2D eigenvalue weighted by Crippen LogP contribution is -2.07. The first-order chi connectivity index (χ1) is 9.79. The van der Waals surface area contributed by atoms with Crippen LogP contribution in [0.15, 0.2) is 53.0 Å². The van der Waals surface area contributed by atoms with Crippen LogP contribution in [-0.4, -0.2) is 20.3 Å². The first-order valence-electron chi connectivity index (χ1n) is 6.37. The molecular weight excluding hydrogens is 320 g/mol. The van der Waals surface area contributed by atoms with Crippen molar-refractivity contribution in [2.75, 3.05) is 20.3 Å². The summed E-state index contributed by atoms with van der Waals surface area (Å²) < 4.78 is 17.5. The molecule has 0 heterocycles. The molecule has 20 heavy (non-hydrogen) atoms. The second-order valence-electron chi connectivity index (χ2n) is 4.17. The summed E-state index contributed by atoms with van der Waals surface area (Å²) >= 11 is 3.44. The molecule has 0 unspecified atom stereocenters. The number of methoxy groups -OCH3 is 1. The van der Waals surface area contributed by atoms with Crippen LogP contribution < -0.4 is 9.47 Å². The number of rotatable bonds is 7. The quantitative estimate of drug-likeness (QED) is 0.714. The lowest BCUT2D eigenvalue weighted by Gasteiger charge is -2.10. The molecule has 3 nitrogen and oxygen atoms in total. The van der Waals surface area contributed by atoms with Gasteiger partial charge >= 0.3 is 0 Å². The van der Waals surface area contributed by atoms with Crippen molar-refractivity contribution >= 4 is 15.9 Å². The zero-order chi connectivity index (χ0) is 14.2. The molecule has 2 aromatic carbocycles. The van der Waals surface area contributed by atoms with Crippen LogP contribution in [-0.2, 0) is 11.3 Å². The Bertz CT molecular complexity index is 529. The van der Waals surface area contributed by atoms with Gasteiger partial charge in [0.05, 0.1) is 20.3 Å². The lowest BCUT2D eigenvalue weighted by atomic mass is 10.2. The molecule has 0 radical (unpaired) electrons. The van der Waals surface area contributed by atoms with Gasteiger partial charge in [-0.15, -0.1) is 0 Å². The van der Waals surface area contributed by atoms with Gasteiger partial charge in [0.15, 0.2) is 0 Å². The smallest absolute Gasteiger partial charge is 0.124 e. The van der Waals surface area contributed by atoms with E-state index in [1.54, 1.807) is 7.11 Å². The molecule has 2 rings (SSSR count). The summed E-state index contributed by atoms with van der Waals surface area (Å²) in [6.45, 7) is 1.56. The van der Waals surface area contributed by atoms with Gasteiger partial charge in [-0.3, -0.25) is 0 Å². The van der Waals surface area contributed by atoms with Crippen molar-refractivity contribution in [3.05, 3.63) is 58.6 Å². The van der Waals surface area contributed by atoms with Crippen LogP contribution in [0, 0.1) is 0 Å². The van der Waals surface area contributed by atoms with Gasteiger partial charge in [0.1, 0.15) is 18.1 Å². The number of para-hydroxylation sites is 1. The maximum absolute atomic E-state index is 5.61. The summed E-state index contributed by atoms with van der Waals surface area (Å²) in [7, 11) is 1.66. The maximum atomic E-state index is 5.61. The largest absolute Gasteiger partial charge is 0.496 e. The molecule has 2 aromatic rings. The minimum Gasteiger partial charge on any atom is -0.496 e. The van der Waals surface area contributed by atoms with Crippen molar-refractivity contribution in [2.45, 2.75) is 6.61 Å². The summed E-state index contributed by atoms with van der Waals surface area (Å²) in [5.74, 6) is 1.69. The van der Waals surface area contributed by atoms with E-state index < -0.39 is 0 Å². The molecule has 0 amide bonds. The van der Waals surface area contributed by atoms with E-state index in [9.17, 15) is 0 Å². The van der Waals surface area contributed by atoms with Crippen molar-refractivity contribution in [3.8, 4) is 11.5 Å². The average molecular weight is 337 g/mol. The third-order valence-corrected chi connectivity index (χ3v) is 3.23. The molecule has 0 atom stereocenters. The van der Waals surface area contributed by atoms with Crippen LogP contribution in [0.5, 0.6) is 11.5 Å². The normalized spacial score (nSPS) is 10.3. The van der Waals surface area contributed by atoms with Crippen molar-refractivity contribution < 1.29 is 14.2 Å². The first-order valence-corrected chi connectivity index (χ1v) is 7.17. The van der Waals surface area contributed by atoms with Gasteiger partial charge in [-0.05, 0) is 30.3 Å². The van der Waals surface area contributed by atoms with Crippen LogP contribution in [0.1, 0.15) is 5.56 Å². The monoisotopic (exact) mass is 336 g/mol. The number of halogens is 1. The van der Waals surface area contributed by atoms with Gasteiger partial charge in [0, 0.05) is 10.0 Å². The minimum atomic E-state index is 0.501. The van der Waals surface area contributed by atoms with E-state index in [2.05, 4.69) is 15.9 Å². The van der Waals surface area contributed by atoms with Crippen LogP contribution >= 0.6 is 15.9 Å². The van der Waals surface area contributed by atoms with Gasteiger partial charge in [-0.1, -0.05) is 34.1 Å². The first kappa shape index (κ1) is 14.9. The zero-order valence-corrected chi connectivity index (χ0v) is 12.9. The summed E-state index contributed by atoms with van der Waals surface area (Å²) in [6.07, 6.45) is 0. The second-order valence-corrected chi connectivity index (χ2v) is 5.09. The summed E-state index contributed by atoms with van der Waals surface area (Å²) in [4.78, 5) is 0. The highest BCUT2D eigenvalue weighted by molar-refractivity contribution is 9.10. The van der Waals surface area contributed by atoms with Crippen molar-refractivity contribution in [3.63, 3.8) is 0 Å². The third-order valence-electron chi connectivity index (χ3n) is 2.74. The van der Waals surface area contributed by atoms with Crippen LogP contribution in [0.4, 0.5) is 0 Å². The SMILES string of the molecule is COc1ccc(Br)cc1COCCOc1ccccc1. The summed E-state index contributed by atoms with van der Waals surface area (Å²) in [5.41, 5.74) is 1.02. The van der Waals surface area contributed by atoms with E-state index in [1.807, 2.05) is 48.5 Å². The van der Waals surface area contributed by atoms with E-state index in [0.717, 1.165) is 21.5 Å². The Morgan fingerprint density at radius 3 is 2.55 bits per heavy atom. The Balaban J connectivity index is 1.75. The molecule has 0 N–H and O–H groups in total. The van der Waals surface area contributed by atoms with Gasteiger partial charge < -0.3 is 14.2 Å². The molecule has 4 heteroatoms. The van der Waals surface area contributed by atoms with Crippen LogP contribution in [0.3, 0.4) is 0 Å². The topological polar surface area (TPSA) is 27.7 Å². The highest BCUT2D eigenvalue weighted by Crippen LogP contribution is 2.23. The molecule has 0 aliphatic carbocycles. The fourth-order valence-corrected chi connectivity index (χ4v) is 2.19. The Kier molecular flexibility index (Phi) is 5.89. The molecule has 0 bridgehead atoms. The second kappa shape index (κ2) is 7.92. The maximum Gasteiger partial charge on any atom is 0.124 e. The lowest BCUT2D eigenvalue weighted by molar-refractivity contribution is 0.0876. The third kappa shape index (κ3) is 4.54. The number of hydrogen-bond donors (Lipinski definition) is 0. The van der Waals surface area contributed by atoms with Crippen LogP contribution in [0.25, 0.3) is 0 Å². The van der Waals surface area contributed by atoms with Crippen LogP contribution in [0.2, 0.25) is 0 Å². The fraction of sp³-hybridized carbons (Fsp3) is 0.250. The summed E-state index contributed by atoms with van der Waals surface area (Å²) in [5, 5.41) is 0. The molecule has 0 aliphatic heterocycles. The molecule has 0 fully saturated rings. The van der Waals surface area contributed by atoms with Gasteiger partial charge in [0.2, 0.25) is 0 Å². The molecular formula is C16H17BrO3. The van der Waals surface area contributed by atoms with Gasteiger partial charge in [-0.2, -0.15) is 0 Å². The summed E-state index contributed by atoms with van der Waals surface area (Å²) in [6, 6.07) is 15.6. The standard InChI is InChI=1S/C16H17BrO3/c1-18-16-8-7-14(17)11-13(16)12-19-9-10-20-15-5-3-2-4-6-15/h2-8,11H,9-10,12H2,1H3. The highest BCUT2D eigenvalue weighted by atomic mass is 79.9. The van der Waals surface area contributed by atoms with E-state index in [-0.39, 0.29) is 0 Å². The Morgan fingerprint density at radius 2 is 1.80 bits per heavy atom. The number of ether oxygens (including phenoxy) is 3. The predicted octanol–water partition coefficient (Wildman–Crippen LogP) is 4.05. The Hall–Kier alpha value is -1.52. The zero-order valence-electron chi connectivity index (χ0n) is 11.3. The molecule has 0 saturated heterocycles. The van der Waals surface area contributed by atoms with E-state index in [1.165, 1.54) is 0 Å². The fourth-order valence-electron chi connectivity index (χ4n) is 1.78. The molecule has 0 aromatic heterocycles. The van der Waals surface area contributed by atoms with E-state index in [4.69, 9.17) is 14.2 Å².